The van der Waals surface area contributed by atoms with Gasteiger partial charge in [0.1, 0.15) is 0 Å². The van der Waals surface area contributed by atoms with Gasteiger partial charge < -0.3 is 4.40 Å². The van der Waals surface area contributed by atoms with Crippen molar-refractivity contribution in [3.05, 3.63) is 106 Å². The van der Waals surface area contributed by atoms with Crippen LogP contribution in [0, 0.1) is 23.7 Å². The summed E-state index contributed by atoms with van der Waals surface area (Å²) in [6, 6.07) is 21.3. The average molecular weight is 677 g/mol. The minimum absolute atomic E-state index is 0.0765. The van der Waals surface area contributed by atoms with E-state index in [2.05, 4.69) is 59.3 Å². The lowest BCUT2D eigenvalue weighted by Crippen LogP contribution is -2.25. The van der Waals surface area contributed by atoms with E-state index in [1.54, 1.807) is 0 Å². The first-order valence-electron chi connectivity index (χ1n) is 20.2. The Labute approximate surface area is 301 Å². The van der Waals surface area contributed by atoms with Crippen LogP contribution in [0.3, 0.4) is 0 Å². The number of fused-ring (bicyclic) bond motifs is 10. The Balaban J connectivity index is 1.24. The summed E-state index contributed by atoms with van der Waals surface area (Å²) in [5, 5.41) is 8.43. The van der Waals surface area contributed by atoms with E-state index in [9.17, 15) is 0 Å². The summed E-state index contributed by atoms with van der Waals surface area (Å²) in [6.07, 6.45) is 17.6. The molecule has 5 nitrogen and oxygen atoms in total. The maximum Gasteiger partial charge on any atom is 0.263 e. The molecule has 8 bridgehead atoms. The smallest absolute Gasteiger partial charge is 0.263 e. The standard InChI is InChI=1S/C47H40N4O/c52-47-34-20-33-41-36(21-48-44-29-16-23-10-24(17-29)13-27(12-23)38(41)44)51-37-22-49-45-30-18-25-11-26(19-30)15-28(14-25)39(45)42(37)43(46(33)51)40(34)32-8-4-5-9-35(32)50(47)31-6-2-1-3-7-31/h1-9,20-30H,10-19H2. The zero-order chi connectivity index (χ0) is 33.6. The molecule has 5 heterocycles. The Morgan fingerprint density at radius 1 is 0.500 bits per heavy atom. The SMILES string of the molecule is O=c1c2cc3c4c5c(ncc4n4c6cnc7c(c6c(c2c2ccccc2n1-c1ccccc1)c34)C1CC2CC(CC7C2)C1)C1CC2CC(C1)CC5C2. The largest absolute Gasteiger partial charge is 0.305 e. The summed E-state index contributed by atoms with van der Waals surface area (Å²) < 4.78 is 4.54. The summed E-state index contributed by atoms with van der Waals surface area (Å²) in [7, 11) is 0. The molecule has 0 amide bonds. The molecule has 3 aromatic carbocycles. The summed E-state index contributed by atoms with van der Waals surface area (Å²) in [5.41, 5.74) is 11.5. The van der Waals surface area contributed by atoms with Gasteiger partial charge in [-0.05, 0) is 135 Å². The zero-order valence-electron chi connectivity index (χ0n) is 29.3. The highest BCUT2D eigenvalue weighted by Crippen LogP contribution is 2.61. The highest BCUT2D eigenvalue weighted by Gasteiger charge is 2.46. The van der Waals surface area contributed by atoms with E-state index in [4.69, 9.17) is 9.97 Å². The minimum atomic E-state index is 0.0765. The van der Waals surface area contributed by atoms with Crippen molar-refractivity contribution in [3.8, 4) is 5.69 Å². The summed E-state index contributed by atoms with van der Waals surface area (Å²) in [5.74, 6) is 5.45. The van der Waals surface area contributed by atoms with E-state index in [1.165, 1.54) is 125 Å². The lowest BCUT2D eigenvalue weighted by atomic mass is 9.67. The molecule has 8 aliphatic rings. The van der Waals surface area contributed by atoms with Gasteiger partial charge in [0.15, 0.2) is 0 Å². The van der Waals surface area contributed by atoms with Crippen molar-refractivity contribution < 1.29 is 0 Å². The molecule has 4 fully saturated rings. The van der Waals surface area contributed by atoms with Crippen LogP contribution in [0.15, 0.2) is 77.9 Å². The van der Waals surface area contributed by atoms with Gasteiger partial charge in [-0.15, -0.1) is 0 Å². The van der Waals surface area contributed by atoms with Crippen LogP contribution in [-0.2, 0) is 0 Å². The van der Waals surface area contributed by atoms with Gasteiger partial charge in [0, 0.05) is 66.6 Å². The maximum atomic E-state index is 15.3. The van der Waals surface area contributed by atoms with E-state index in [-0.39, 0.29) is 5.56 Å². The first kappa shape index (κ1) is 27.8. The highest BCUT2D eigenvalue weighted by atomic mass is 16.1. The first-order valence-corrected chi connectivity index (χ1v) is 20.2. The molecule has 0 radical (unpaired) electrons. The fourth-order valence-electron chi connectivity index (χ4n) is 14.1. The number of benzene rings is 3. The van der Waals surface area contributed by atoms with Crippen molar-refractivity contribution in [3.63, 3.8) is 0 Å². The molecule has 8 aromatic rings. The van der Waals surface area contributed by atoms with Gasteiger partial charge in [-0.3, -0.25) is 19.3 Å². The molecule has 4 saturated carbocycles. The number of hydrogen-bond acceptors (Lipinski definition) is 3. The fourth-order valence-corrected chi connectivity index (χ4v) is 14.1. The molecular weight excluding hydrogens is 637 g/mol. The van der Waals surface area contributed by atoms with Crippen LogP contribution in [0.5, 0.6) is 0 Å². The maximum absolute atomic E-state index is 15.3. The van der Waals surface area contributed by atoms with Gasteiger partial charge in [-0.2, -0.15) is 0 Å². The van der Waals surface area contributed by atoms with Crippen LogP contribution >= 0.6 is 0 Å². The molecular formula is C47H40N4O. The number of hydrogen-bond donors (Lipinski definition) is 0. The van der Waals surface area contributed by atoms with Gasteiger partial charge in [-0.1, -0.05) is 36.4 Å². The van der Waals surface area contributed by atoms with Gasteiger partial charge in [-0.25, -0.2) is 0 Å². The van der Waals surface area contributed by atoms with E-state index in [0.717, 1.165) is 51.0 Å². The summed E-state index contributed by atoms with van der Waals surface area (Å²) >= 11 is 0. The molecule has 5 aromatic heterocycles. The molecule has 5 heteroatoms. The van der Waals surface area contributed by atoms with E-state index < -0.39 is 0 Å². The van der Waals surface area contributed by atoms with Gasteiger partial charge in [0.05, 0.1) is 34.5 Å². The molecule has 16 rings (SSSR count). The van der Waals surface area contributed by atoms with Crippen molar-refractivity contribution in [1.29, 1.82) is 0 Å². The second-order valence-corrected chi connectivity index (χ2v) is 18.1. The third-order valence-electron chi connectivity index (χ3n) is 15.5. The summed E-state index contributed by atoms with van der Waals surface area (Å²) in [6.45, 7) is 0. The van der Waals surface area contributed by atoms with Crippen LogP contribution < -0.4 is 5.56 Å². The van der Waals surface area contributed by atoms with E-state index in [1.807, 2.05) is 22.8 Å². The van der Waals surface area contributed by atoms with Crippen molar-refractivity contribution in [1.82, 2.24) is 18.9 Å². The third kappa shape index (κ3) is 3.28. The molecule has 0 saturated heterocycles. The number of aromatic nitrogens is 4. The fraction of sp³-hybridized carbons (Fsp3) is 0.383. The Hall–Kier alpha value is -4.77. The molecule has 52 heavy (non-hydrogen) atoms. The lowest BCUT2D eigenvalue weighted by molar-refractivity contribution is 0.165. The number of nitrogens with zero attached hydrogens (tertiary/aromatic N) is 4. The normalized spacial score (nSPS) is 30.0. The minimum Gasteiger partial charge on any atom is -0.305 e. The average Bonchev–Trinajstić information content (AvgIpc) is 3.54. The van der Waals surface area contributed by atoms with Gasteiger partial charge >= 0.3 is 0 Å². The first-order chi connectivity index (χ1) is 25.7. The Morgan fingerprint density at radius 2 is 1.06 bits per heavy atom. The monoisotopic (exact) mass is 676 g/mol. The predicted octanol–water partition coefficient (Wildman–Crippen LogP) is 10.9. The number of para-hydroxylation sites is 2. The third-order valence-corrected chi connectivity index (χ3v) is 15.5. The van der Waals surface area contributed by atoms with Gasteiger partial charge in [0.25, 0.3) is 5.56 Å². The van der Waals surface area contributed by atoms with Crippen LogP contribution in [0.1, 0.15) is 110 Å². The van der Waals surface area contributed by atoms with Crippen molar-refractivity contribution in [2.24, 2.45) is 23.7 Å². The molecule has 254 valence electrons. The topological polar surface area (TPSA) is 52.2 Å². The molecule has 0 N–H and O–H groups in total. The second kappa shape index (κ2) is 9.41. The molecule has 8 aliphatic carbocycles. The van der Waals surface area contributed by atoms with Crippen LogP contribution in [-0.4, -0.2) is 18.9 Å². The van der Waals surface area contributed by atoms with Crippen molar-refractivity contribution in [2.75, 3.05) is 0 Å². The number of pyridine rings is 3. The summed E-state index contributed by atoms with van der Waals surface area (Å²) in [4.78, 5) is 26.3. The van der Waals surface area contributed by atoms with E-state index >= 15 is 4.79 Å². The van der Waals surface area contributed by atoms with Crippen LogP contribution in [0.4, 0.5) is 0 Å². The predicted molar refractivity (Wildman–Crippen MR) is 208 cm³/mol. The second-order valence-electron chi connectivity index (χ2n) is 18.1. The Morgan fingerprint density at radius 3 is 1.71 bits per heavy atom. The highest BCUT2D eigenvalue weighted by molar-refractivity contribution is 6.35. The number of rotatable bonds is 1. The van der Waals surface area contributed by atoms with E-state index in [0.29, 0.717) is 23.7 Å². The van der Waals surface area contributed by atoms with Crippen LogP contribution in [0.2, 0.25) is 0 Å². The Bertz CT molecular complexity index is 2930. The molecule has 0 spiro atoms. The van der Waals surface area contributed by atoms with Crippen molar-refractivity contribution >= 4 is 59.8 Å². The molecule has 4 atom stereocenters. The van der Waals surface area contributed by atoms with Gasteiger partial charge in [0.2, 0.25) is 0 Å². The van der Waals surface area contributed by atoms with Crippen molar-refractivity contribution in [2.45, 2.75) is 87.9 Å². The molecule has 0 aliphatic heterocycles. The quantitative estimate of drug-likeness (QED) is 0.163. The zero-order valence-corrected chi connectivity index (χ0v) is 29.3. The van der Waals surface area contributed by atoms with Crippen LogP contribution in [0.25, 0.3) is 65.5 Å². The molecule has 4 unspecified atom stereocenters. The Kier molecular flexibility index (Phi) is 5.04. The lowest BCUT2D eigenvalue weighted by Gasteiger charge is -2.38.